The highest BCUT2D eigenvalue weighted by Crippen LogP contribution is 2.30. The Kier molecular flexibility index (Phi) is 4.16. The van der Waals surface area contributed by atoms with Crippen molar-refractivity contribution < 1.29 is 4.79 Å². The summed E-state index contributed by atoms with van der Waals surface area (Å²) in [5, 5.41) is 0. The largest absolute Gasteiger partial charge is 0.331 e. The molecule has 1 heterocycles. The van der Waals surface area contributed by atoms with Crippen molar-refractivity contribution in [1.82, 2.24) is 9.47 Å². The lowest BCUT2D eigenvalue weighted by Crippen LogP contribution is -2.33. The summed E-state index contributed by atoms with van der Waals surface area (Å²) >= 11 is 3.46. The maximum Gasteiger partial charge on any atom is 0.254 e. The normalized spacial score (nSPS) is 13.9. The van der Waals surface area contributed by atoms with E-state index < -0.39 is 0 Å². The molecule has 0 aliphatic heterocycles. The van der Waals surface area contributed by atoms with E-state index in [0.29, 0.717) is 12.1 Å². The summed E-state index contributed by atoms with van der Waals surface area (Å²) in [6.45, 7) is 0.568. The molecule has 0 saturated heterocycles. The summed E-state index contributed by atoms with van der Waals surface area (Å²) in [7, 11) is 1.68. The molecule has 0 N–H and O–H groups in total. The molecule has 1 aromatic carbocycles. The first kappa shape index (κ1) is 15.0. The fraction of sp³-hybridized carbons (Fsp3) is 0.294. The van der Waals surface area contributed by atoms with Crippen molar-refractivity contribution in [3.05, 3.63) is 68.5 Å². The zero-order valence-corrected chi connectivity index (χ0v) is 13.9. The van der Waals surface area contributed by atoms with Crippen LogP contribution in [0.25, 0.3) is 0 Å². The highest BCUT2D eigenvalue weighted by Gasteiger charge is 2.33. The average molecular weight is 361 g/mol. The first-order valence-corrected chi connectivity index (χ1v) is 8.06. The SMILES string of the molecule is Cn1ccc(C(=O)N(Cc2cccc(Br)c2)C2CC2)cc1=O. The number of nitrogens with zero attached hydrogens (tertiary/aromatic N) is 2. The van der Waals surface area contributed by atoms with Crippen molar-refractivity contribution in [1.29, 1.82) is 0 Å². The molecule has 0 bridgehead atoms. The van der Waals surface area contributed by atoms with E-state index in [2.05, 4.69) is 15.9 Å². The van der Waals surface area contributed by atoms with Gasteiger partial charge in [0, 0.05) is 41.9 Å². The number of aromatic nitrogens is 1. The van der Waals surface area contributed by atoms with Crippen LogP contribution < -0.4 is 5.56 Å². The van der Waals surface area contributed by atoms with Crippen molar-refractivity contribution in [2.45, 2.75) is 25.4 Å². The predicted molar refractivity (Wildman–Crippen MR) is 88.7 cm³/mol. The van der Waals surface area contributed by atoms with E-state index in [-0.39, 0.29) is 17.5 Å². The number of rotatable bonds is 4. The molecule has 0 radical (unpaired) electrons. The number of carbonyl (C=O) groups excluding carboxylic acids is 1. The Morgan fingerprint density at radius 2 is 2.09 bits per heavy atom. The van der Waals surface area contributed by atoms with Gasteiger partial charge in [-0.2, -0.15) is 0 Å². The van der Waals surface area contributed by atoms with Crippen LogP contribution in [0.1, 0.15) is 28.8 Å². The van der Waals surface area contributed by atoms with Gasteiger partial charge in [-0.15, -0.1) is 0 Å². The van der Waals surface area contributed by atoms with Crippen LogP contribution in [0.3, 0.4) is 0 Å². The highest BCUT2D eigenvalue weighted by molar-refractivity contribution is 9.10. The number of hydrogen-bond acceptors (Lipinski definition) is 2. The second-order valence-corrected chi connectivity index (χ2v) is 6.57. The van der Waals surface area contributed by atoms with Crippen LogP contribution >= 0.6 is 15.9 Å². The summed E-state index contributed by atoms with van der Waals surface area (Å²) in [5.74, 6) is -0.0693. The monoisotopic (exact) mass is 360 g/mol. The Hall–Kier alpha value is -1.88. The lowest BCUT2D eigenvalue weighted by molar-refractivity contribution is 0.0729. The van der Waals surface area contributed by atoms with E-state index in [1.165, 1.54) is 10.6 Å². The van der Waals surface area contributed by atoms with Gasteiger partial charge in [-0.3, -0.25) is 9.59 Å². The van der Waals surface area contributed by atoms with Crippen molar-refractivity contribution >= 4 is 21.8 Å². The van der Waals surface area contributed by atoms with Crippen LogP contribution in [0.5, 0.6) is 0 Å². The maximum absolute atomic E-state index is 12.7. The van der Waals surface area contributed by atoms with Crippen LogP contribution in [0.15, 0.2) is 51.9 Å². The molecule has 22 heavy (non-hydrogen) atoms. The van der Waals surface area contributed by atoms with Gasteiger partial charge in [0.25, 0.3) is 11.5 Å². The Labute approximate surface area is 137 Å². The summed E-state index contributed by atoms with van der Waals surface area (Å²) < 4.78 is 2.47. The Balaban J connectivity index is 1.86. The van der Waals surface area contributed by atoms with Gasteiger partial charge in [0.1, 0.15) is 0 Å². The fourth-order valence-corrected chi connectivity index (χ4v) is 2.88. The number of benzene rings is 1. The van der Waals surface area contributed by atoms with E-state index in [0.717, 1.165) is 22.9 Å². The molecule has 0 atom stereocenters. The Bertz CT molecular complexity index is 765. The van der Waals surface area contributed by atoms with Crippen molar-refractivity contribution in [2.75, 3.05) is 0 Å². The quantitative estimate of drug-likeness (QED) is 0.840. The molecule has 0 spiro atoms. The van der Waals surface area contributed by atoms with Gasteiger partial charge in [-0.05, 0) is 36.6 Å². The number of halogens is 1. The fourth-order valence-electron chi connectivity index (χ4n) is 2.43. The van der Waals surface area contributed by atoms with E-state index in [1.54, 1.807) is 19.3 Å². The van der Waals surface area contributed by atoms with Crippen LogP contribution in [0, 0.1) is 0 Å². The average Bonchev–Trinajstić information content (AvgIpc) is 3.32. The molecular weight excluding hydrogens is 344 g/mol. The molecule has 2 aromatic rings. The number of pyridine rings is 1. The number of aryl methyl sites for hydroxylation is 1. The minimum absolute atomic E-state index is 0.0693. The zero-order chi connectivity index (χ0) is 15.7. The lowest BCUT2D eigenvalue weighted by Gasteiger charge is -2.23. The molecular formula is C17H17BrN2O2. The van der Waals surface area contributed by atoms with Crippen molar-refractivity contribution in [3.8, 4) is 0 Å². The molecule has 3 rings (SSSR count). The highest BCUT2D eigenvalue weighted by atomic mass is 79.9. The van der Waals surface area contributed by atoms with Gasteiger partial charge in [0.15, 0.2) is 0 Å². The van der Waals surface area contributed by atoms with E-state index in [4.69, 9.17) is 0 Å². The third-order valence-electron chi connectivity index (χ3n) is 3.84. The maximum atomic E-state index is 12.7. The third kappa shape index (κ3) is 3.30. The van der Waals surface area contributed by atoms with Gasteiger partial charge in [0.2, 0.25) is 0 Å². The smallest absolute Gasteiger partial charge is 0.254 e. The minimum Gasteiger partial charge on any atom is -0.331 e. The molecule has 1 saturated carbocycles. The second-order valence-electron chi connectivity index (χ2n) is 5.66. The molecule has 1 aromatic heterocycles. The predicted octanol–water partition coefficient (Wildman–Crippen LogP) is 2.95. The zero-order valence-electron chi connectivity index (χ0n) is 12.3. The van der Waals surface area contributed by atoms with Gasteiger partial charge in [-0.25, -0.2) is 0 Å². The minimum atomic E-state index is -0.163. The summed E-state index contributed by atoms with van der Waals surface area (Å²) in [4.78, 5) is 26.4. The number of carbonyl (C=O) groups is 1. The van der Waals surface area contributed by atoms with Crippen LogP contribution in [0.4, 0.5) is 0 Å². The lowest BCUT2D eigenvalue weighted by atomic mass is 10.1. The van der Waals surface area contributed by atoms with E-state index >= 15 is 0 Å². The van der Waals surface area contributed by atoms with Gasteiger partial charge in [-0.1, -0.05) is 28.1 Å². The second kappa shape index (κ2) is 6.08. The van der Waals surface area contributed by atoms with Crippen molar-refractivity contribution in [3.63, 3.8) is 0 Å². The molecule has 1 fully saturated rings. The van der Waals surface area contributed by atoms with Crippen molar-refractivity contribution in [2.24, 2.45) is 7.05 Å². The van der Waals surface area contributed by atoms with Crippen LogP contribution in [0.2, 0.25) is 0 Å². The van der Waals surface area contributed by atoms with Crippen LogP contribution in [-0.4, -0.2) is 21.4 Å². The van der Waals surface area contributed by atoms with Gasteiger partial charge < -0.3 is 9.47 Å². The standard InChI is InChI=1S/C17H17BrN2O2/c1-19-8-7-13(10-16(19)21)17(22)20(15-5-6-15)11-12-3-2-4-14(18)9-12/h2-4,7-10,15H,5-6,11H2,1H3. The first-order chi connectivity index (χ1) is 10.5. The molecule has 0 unspecified atom stereocenters. The molecule has 1 aliphatic carbocycles. The van der Waals surface area contributed by atoms with Gasteiger partial charge in [0.05, 0.1) is 0 Å². The van der Waals surface area contributed by atoms with E-state index in [1.807, 2.05) is 29.2 Å². The Morgan fingerprint density at radius 3 is 2.73 bits per heavy atom. The molecule has 1 amide bonds. The summed E-state index contributed by atoms with van der Waals surface area (Å²) in [6, 6.07) is 11.4. The van der Waals surface area contributed by atoms with E-state index in [9.17, 15) is 9.59 Å². The molecule has 114 valence electrons. The molecule has 5 heteroatoms. The summed E-state index contributed by atoms with van der Waals surface area (Å²) in [5.41, 5.74) is 1.38. The first-order valence-electron chi connectivity index (χ1n) is 7.27. The van der Waals surface area contributed by atoms with Gasteiger partial charge >= 0.3 is 0 Å². The third-order valence-corrected chi connectivity index (χ3v) is 4.33. The Morgan fingerprint density at radius 1 is 1.32 bits per heavy atom. The summed E-state index contributed by atoms with van der Waals surface area (Å²) in [6.07, 6.45) is 3.70. The topological polar surface area (TPSA) is 42.3 Å². The number of amides is 1. The van der Waals surface area contributed by atoms with Crippen LogP contribution in [-0.2, 0) is 13.6 Å². The number of hydrogen-bond donors (Lipinski definition) is 0. The molecule has 4 nitrogen and oxygen atoms in total. The molecule has 1 aliphatic rings.